The highest BCUT2D eigenvalue weighted by Gasteiger charge is 2.69. The number of allylic oxidation sites excluding steroid dienone is 1. The molecule has 4 aliphatic carbocycles. The summed E-state index contributed by atoms with van der Waals surface area (Å²) in [5, 5.41) is 9.22. The van der Waals surface area contributed by atoms with Gasteiger partial charge in [-0.15, -0.1) is 6.58 Å². The van der Waals surface area contributed by atoms with Gasteiger partial charge in [0.1, 0.15) is 18.2 Å². The maximum atomic E-state index is 12.4. The van der Waals surface area contributed by atoms with Crippen LogP contribution in [0, 0.1) is 56.7 Å². The number of nitrogens with zero attached hydrogens (tertiary/aromatic N) is 3. The van der Waals surface area contributed by atoms with E-state index >= 15 is 0 Å². The number of rotatable bonds is 2. The highest BCUT2D eigenvalue weighted by Crippen LogP contribution is 2.75. The van der Waals surface area contributed by atoms with E-state index in [2.05, 4.69) is 52.2 Å². The van der Waals surface area contributed by atoms with Crippen LogP contribution in [0.4, 0.5) is 5.82 Å². The molecule has 4 heteroatoms. The fraction of sp³-hybridized carbons (Fsp3) is 0.743. The van der Waals surface area contributed by atoms with Gasteiger partial charge < -0.3 is 9.69 Å². The normalized spacial score (nSPS) is 43.8. The molecule has 7 unspecified atom stereocenters. The molecule has 1 saturated heterocycles. The van der Waals surface area contributed by atoms with Crippen molar-refractivity contribution in [1.29, 1.82) is 5.26 Å². The lowest BCUT2D eigenvalue weighted by molar-refractivity contribution is -0.222. The minimum absolute atomic E-state index is 0.00406. The molecule has 8 atom stereocenters. The maximum absolute atomic E-state index is 12.4. The van der Waals surface area contributed by atoms with Crippen LogP contribution in [0.15, 0.2) is 31.0 Å². The van der Waals surface area contributed by atoms with Gasteiger partial charge in [-0.3, -0.25) is 0 Å². The second-order valence-electron chi connectivity index (χ2n) is 15.0. The van der Waals surface area contributed by atoms with Crippen molar-refractivity contribution in [2.75, 3.05) is 11.4 Å². The number of aldehydes is 1. The van der Waals surface area contributed by atoms with Crippen LogP contribution in [0.25, 0.3) is 0 Å². The van der Waals surface area contributed by atoms with Crippen LogP contribution in [0.1, 0.15) is 111 Å². The van der Waals surface area contributed by atoms with E-state index < -0.39 is 0 Å². The third-order valence-electron chi connectivity index (χ3n) is 13.5. The van der Waals surface area contributed by atoms with Gasteiger partial charge in [0.15, 0.2) is 0 Å². The van der Waals surface area contributed by atoms with E-state index in [0.29, 0.717) is 33.6 Å². The van der Waals surface area contributed by atoms with Crippen molar-refractivity contribution < 1.29 is 4.79 Å². The van der Waals surface area contributed by atoms with Gasteiger partial charge in [-0.2, -0.15) is 5.26 Å². The predicted octanol–water partition coefficient (Wildman–Crippen LogP) is 8.37. The third kappa shape index (κ3) is 3.88. The van der Waals surface area contributed by atoms with Gasteiger partial charge in [0.05, 0.1) is 5.56 Å². The Morgan fingerprint density at radius 1 is 0.949 bits per heavy atom. The average molecular weight is 530 g/mol. The Bertz CT molecular complexity index is 1140. The Hall–Kier alpha value is -2.15. The van der Waals surface area contributed by atoms with Crippen LogP contribution in [0.2, 0.25) is 0 Å². The summed E-state index contributed by atoms with van der Waals surface area (Å²) in [6, 6.07) is 6.17. The number of carbonyl (C=O) groups excluding carboxylic acids is 1. The lowest BCUT2D eigenvalue weighted by Gasteiger charge is -2.73. The zero-order valence-corrected chi connectivity index (χ0v) is 25.4. The Labute approximate surface area is 237 Å². The maximum Gasteiger partial charge on any atom is 0.129 e. The number of fused-ring (bicyclic) bond motifs is 7. The second-order valence-corrected chi connectivity index (χ2v) is 15.0. The number of hydrogen-bond acceptors (Lipinski definition) is 4. The van der Waals surface area contributed by atoms with Gasteiger partial charge in [-0.1, -0.05) is 33.3 Å². The number of pyridine rings is 1. The highest BCUT2D eigenvalue weighted by atomic mass is 16.1. The van der Waals surface area contributed by atoms with E-state index in [4.69, 9.17) is 4.98 Å². The van der Waals surface area contributed by atoms with Crippen molar-refractivity contribution >= 4 is 12.1 Å². The average Bonchev–Trinajstić information content (AvgIpc) is 3.34. The molecule has 6 rings (SSSR count). The Balaban J connectivity index is 0.000000983. The molecule has 0 spiro atoms. The molecule has 1 aliphatic heterocycles. The van der Waals surface area contributed by atoms with Crippen LogP contribution in [-0.4, -0.2) is 23.4 Å². The van der Waals surface area contributed by atoms with E-state index in [0.717, 1.165) is 37.0 Å². The molecule has 5 aliphatic rings. The molecule has 1 aromatic rings. The van der Waals surface area contributed by atoms with Crippen LogP contribution in [-0.2, 0) is 4.79 Å². The van der Waals surface area contributed by atoms with Gasteiger partial charge in [0.2, 0.25) is 0 Å². The molecular weight excluding hydrogens is 478 g/mol. The van der Waals surface area contributed by atoms with Crippen molar-refractivity contribution in [1.82, 2.24) is 4.98 Å². The van der Waals surface area contributed by atoms with Crippen LogP contribution in [0.3, 0.4) is 0 Å². The van der Waals surface area contributed by atoms with Gasteiger partial charge >= 0.3 is 0 Å². The number of aromatic nitrogens is 1. The number of piperidine rings is 1. The standard InChI is InChI=1S/C32H45N3O.C3H6/c1-28(2)25-12-14-31(5)26(29(25,3)17-18-35(28)27-11-8-22(19-33)20-34-27)10-9-23-24-7-6-13-32(24,21-36)16-15-30(23,31)4;1-3-2/h8,11,20-21,23-26H,6-7,9-10,12-18H2,1-5H3;3H,1H2,2H3/t23?,24?,25?,26?,29?,30-,31?,32?;/m1./s1. The number of anilines is 1. The lowest BCUT2D eigenvalue weighted by atomic mass is 9.33. The molecule has 39 heavy (non-hydrogen) atoms. The number of nitriles is 1. The zero-order chi connectivity index (χ0) is 28.3. The van der Waals surface area contributed by atoms with Gasteiger partial charge in [-0.25, -0.2) is 4.98 Å². The van der Waals surface area contributed by atoms with Crippen molar-refractivity contribution in [3.63, 3.8) is 0 Å². The molecule has 1 aromatic heterocycles. The van der Waals surface area contributed by atoms with E-state index in [9.17, 15) is 10.1 Å². The summed E-state index contributed by atoms with van der Waals surface area (Å²) < 4.78 is 0. The smallest absolute Gasteiger partial charge is 0.129 e. The molecular formula is C35H51N3O. The quantitative estimate of drug-likeness (QED) is 0.285. The number of hydrogen-bond donors (Lipinski definition) is 0. The molecule has 4 saturated carbocycles. The van der Waals surface area contributed by atoms with Gasteiger partial charge in [-0.05, 0) is 131 Å². The Morgan fingerprint density at radius 2 is 1.69 bits per heavy atom. The largest absolute Gasteiger partial charge is 0.351 e. The first-order valence-corrected chi connectivity index (χ1v) is 15.6. The fourth-order valence-electron chi connectivity index (χ4n) is 11.5. The first kappa shape index (κ1) is 28.4. The molecule has 0 amide bonds. The van der Waals surface area contributed by atoms with Gasteiger partial charge in [0.25, 0.3) is 0 Å². The van der Waals surface area contributed by atoms with E-state index in [1.54, 1.807) is 12.3 Å². The SMILES string of the molecule is C=CC.CC12CCN(c3ccc(C#N)cn3)C(C)(C)C1CCC1(C)C2CCC2C3CCCC3(C=O)CC[C@]21C. The first-order valence-electron chi connectivity index (χ1n) is 15.6. The monoisotopic (exact) mass is 529 g/mol. The molecule has 0 bridgehead atoms. The Morgan fingerprint density at radius 3 is 2.33 bits per heavy atom. The summed E-state index contributed by atoms with van der Waals surface area (Å²) in [4.78, 5) is 19.6. The molecule has 5 fully saturated rings. The summed E-state index contributed by atoms with van der Waals surface area (Å²) in [5.41, 5.74) is 1.67. The van der Waals surface area contributed by atoms with Crippen LogP contribution >= 0.6 is 0 Å². The topological polar surface area (TPSA) is 57.0 Å². The first-order chi connectivity index (χ1) is 18.5. The van der Waals surface area contributed by atoms with E-state index in [1.807, 2.05) is 19.1 Å². The lowest BCUT2D eigenvalue weighted by Crippen LogP contribution is -2.69. The third-order valence-corrected chi connectivity index (χ3v) is 13.5. The second kappa shape index (κ2) is 9.74. The molecule has 0 radical (unpaired) electrons. The van der Waals surface area contributed by atoms with Gasteiger partial charge in [0, 0.05) is 23.7 Å². The van der Waals surface area contributed by atoms with E-state index in [-0.39, 0.29) is 11.0 Å². The van der Waals surface area contributed by atoms with E-state index in [1.165, 1.54) is 57.7 Å². The minimum atomic E-state index is -0.00406. The summed E-state index contributed by atoms with van der Waals surface area (Å²) in [6.45, 7) is 19.1. The fourth-order valence-corrected chi connectivity index (χ4v) is 11.5. The molecule has 0 aromatic carbocycles. The van der Waals surface area contributed by atoms with Crippen LogP contribution in [0.5, 0.6) is 0 Å². The van der Waals surface area contributed by atoms with Crippen molar-refractivity contribution in [2.24, 2.45) is 45.3 Å². The van der Waals surface area contributed by atoms with Crippen molar-refractivity contribution in [2.45, 2.75) is 111 Å². The molecule has 2 heterocycles. The molecule has 4 nitrogen and oxygen atoms in total. The Kier molecular flexibility index (Phi) is 7.09. The summed E-state index contributed by atoms with van der Waals surface area (Å²) >= 11 is 0. The van der Waals surface area contributed by atoms with Crippen molar-refractivity contribution in [3.8, 4) is 6.07 Å². The summed E-state index contributed by atoms with van der Waals surface area (Å²) in [5.74, 6) is 3.72. The predicted molar refractivity (Wildman–Crippen MR) is 159 cm³/mol. The number of carbonyl (C=O) groups is 1. The zero-order valence-electron chi connectivity index (χ0n) is 25.4. The molecule has 0 N–H and O–H groups in total. The minimum Gasteiger partial charge on any atom is -0.351 e. The van der Waals surface area contributed by atoms with Crippen molar-refractivity contribution in [3.05, 3.63) is 36.5 Å². The molecule has 212 valence electrons. The van der Waals surface area contributed by atoms with Crippen LogP contribution < -0.4 is 4.90 Å². The summed E-state index contributed by atoms with van der Waals surface area (Å²) in [7, 11) is 0. The summed E-state index contributed by atoms with van der Waals surface area (Å²) in [6.07, 6.45) is 17.4. The highest BCUT2D eigenvalue weighted by molar-refractivity contribution is 5.61.